The van der Waals surface area contributed by atoms with E-state index in [4.69, 9.17) is 5.11 Å². The Balaban J connectivity index is 2.49. The van der Waals surface area contributed by atoms with Crippen molar-refractivity contribution in [3.63, 3.8) is 0 Å². The Kier molecular flexibility index (Phi) is 6.24. The van der Waals surface area contributed by atoms with E-state index in [2.05, 4.69) is 5.32 Å². The zero-order chi connectivity index (χ0) is 14.4. The number of benzene rings is 1. The molecule has 0 bridgehead atoms. The van der Waals surface area contributed by atoms with Crippen molar-refractivity contribution >= 4 is 17.7 Å². The molecule has 3 nitrogen and oxygen atoms in total. The van der Waals surface area contributed by atoms with Gasteiger partial charge in [-0.25, -0.2) is 8.78 Å². The van der Waals surface area contributed by atoms with Gasteiger partial charge in [-0.3, -0.25) is 4.79 Å². The second-order valence-electron chi connectivity index (χ2n) is 4.42. The number of nitrogens with one attached hydrogen (secondary N) is 1. The van der Waals surface area contributed by atoms with Gasteiger partial charge in [0.2, 0.25) is 0 Å². The summed E-state index contributed by atoms with van der Waals surface area (Å²) in [5, 5.41) is 11.9. The average molecular weight is 289 g/mol. The van der Waals surface area contributed by atoms with Crippen molar-refractivity contribution in [1.29, 1.82) is 0 Å². The van der Waals surface area contributed by atoms with Crippen LogP contribution in [0, 0.1) is 11.6 Å². The highest BCUT2D eigenvalue weighted by Gasteiger charge is 2.17. The molecule has 0 heterocycles. The van der Waals surface area contributed by atoms with Gasteiger partial charge >= 0.3 is 5.97 Å². The SMILES string of the molecule is CC(C)NC(CCSc1ccc(F)cc1F)C(=O)O. The summed E-state index contributed by atoms with van der Waals surface area (Å²) in [5.41, 5.74) is 0. The third kappa shape index (κ3) is 5.57. The maximum absolute atomic E-state index is 13.4. The van der Waals surface area contributed by atoms with E-state index < -0.39 is 23.6 Å². The van der Waals surface area contributed by atoms with E-state index in [1.54, 1.807) is 0 Å². The van der Waals surface area contributed by atoms with Gasteiger partial charge in [-0.1, -0.05) is 13.8 Å². The lowest BCUT2D eigenvalue weighted by Gasteiger charge is -2.16. The summed E-state index contributed by atoms with van der Waals surface area (Å²) in [5.74, 6) is -1.71. The molecule has 106 valence electrons. The molecule has 1 unspecified atom stereocenters. The third-order valence-electron chi connectivity index (χ3n) is 2.39. The molecule has 1 aromatic rings. The molecule has 0 aliphatic carbocycles. The minimum atomic E-state index is -0.922. The van der Waals surface area contributed by atoms with Crippen LogP contribution in [0.3, 0.4) is 0 Å². The van der Waals surface area contributed by atoms with Crippen molar-refractivity contribution in [1.82, 2.24) is 5.32 Å². The molecule has 0 saturated heterocycles. The van der Waals surface area contributed by atoms with Crippen molar-refractivity contribution in [2.24, 2.45) is 0 Å². The number of hydrogen-bond donors (Lipinski definition) is 2. The van der Waals surface area contributed by atoms with E-state index in [-0.39, 0.29) is 6.04 Å². The zero-order valence-electron chi connectivity index (χ0n) is 10.8. The molecule has 0 saturated carbocycles. The Morgan fingerprint density at radius 2 is 2.11 bits per heavy atom. The monoisotopic (exact) mass is 289 g/mol. The van der Waals surface area contributed by atoms with Crippen molar-refractivity contribution in [3.05, 3.63) is 29.8 Å². The molecule has 1 aromatic carbocycles. The first-order chi connectivity index (χ1) is 8.90. The fourth-order valence-corrected chi connectivity index (χ4v) is 2.49. The van der Waals surface area contributed by atoms with Crippen molar-refractivity contribution < 1.29 is 18.7 Å². The second-order valence-corrected chi connectivity index (χ2v) is 5.56. The van der Waals surface area contributed by atoms with Crippen LogP contribution in [0.15, 0.2) is 23.1 Å². The van der Waals surface area contributed by atoms with E-state index in [0.717, 1.165) is 6.07 Å². The molecule has 0 aromatic heterocycles. The Labute approximate surface area is 115 Å². The van der Waals surface area contributed by atoms with Gasteiger partial charge in [0.05, 0.1) is 0 Å². The highest BCUT2D eigenvalue weighted by atomic mass is 32.2. The topological polar surface area (TPSA) is 49.3 Å². The minimum Gasteiger partial charge on any atom is -0.480 e. The normalized spacial score (nSPS) is 12.7. The number of carbonyl (C=O) groups is 1. The molecule has 0 aliphatic heterocycles. The Morgan fingerprint density at radius 1 is 1.42 bits per heavy atom. The Morgan fingerprint density at radius 3 is 2.63 bits per heavy atom. The van der Waals surface area contributed by atoms with Crippen LogP contribution in [-0.4, -0.2) is 28.9 Å². The number of carboxylic acids is 1. The summed E-state index contributed by atoms with van der Waals surface area (Å²) in [4.78, 5) is 11.3. The fraction of sp³-hybridized carbons (Fsp3) is 0.462. The molecular formula is C13H17F2NO2S. The second kappa shape index (κ2) is 7.45. The highest BCUT2D eigenvalue weighted by Crippen LogP contribution is 2.23. The van der Waals surface area contributed by atoms with Gasteiger partial charge in [0.25, 0.3) is 0 Å². The van der Waals surface area contributed by atoms with Crippen LogP contribution in [0.5, 0.6) is 0 Å². The molecule has 0 amide bonds. The Hall–Kier alpha value is -1.14. The first-order valence-corrected chi connectivity index (χ1v) is 6.95. The van der Waals surface area contributed by atoms with Crippen molar-refractivity contribution in [2.75, 3.05) is 5.75 Å². The molecule has 6 heteroatoms. The number of halogens is 2. The number of hydrogen-bond acceptors (Lipinski definition) is 3. The van der Waals surface area contributed by atoms with Gasteiger partial charge in [0, 0.05) is 22.8 Å². The van der Waals surface area contributed by atoms with Crippen LogP contribution >= 0.6 is 11.8 Å². The van der Waals surface area contributed by atoms with Crippen molar-refractivity contribution in [2.45, 2.75) is 37.2 Å². The van der Waals surface area contributed by atoms with Gasteiger partial charge in [-0.15, -0.1) is 11.8 Å². The molecule has 0 radical (unpaired) electrons. The van der Waals surface area contributed by atoms with Crippen molar-refractivity contribution in [3.8, 4) is 0 Å². The maximum atomic E-state index is 13.4. The predicted octanol–water partition coefficient (Wildman–Crippen LogP) is 2.90. The number of rotatable bonds is 7. The summed E-state index contributed by atoms with van der Waals surface area (Å²) in [7, 11) is 0. The first-order valence-electron chi connectivity index (χ1n) is 5.97. The number of aliphatic carboxylic acids is 1. The van der Waals surface area contributed by atoms with Crippen LogP contribution < -0.4 is 5.32 Å². The van der Waals surface area contributed by atoms with E-state index >= 15 is 0 Å². The number of carboxylic acid groups (broad SMARTS) is 1. The molecular weight excluding hydrogens is 272 g/mol. The summed E-state index contributed by atoms with van der Waals surface area (Å²) < 4.78 is 26.1. The third-order valence-corrected chi connectivity index (χ3v) is 3.47. The molecule has 0 aliphatic rings. The van der Waals surface area contributed by atoms with E-state index in [9.17, 15) is 13.6 Å². The summed E-state index contributed by atoms with van der Waals surface area (Å²) in [6.45, 7) is 3.73. The van der Waals surface area contributed by atoms with Crippen LogP contribution in [0.2, 0.25) is 0 Å². The summed E-state index contributed by atoms with van der Waals surface area (Å²) in [6, 6.07) is 2.78. The molecule has 19 heavy (non-hydrogen) atoms. The van der Waals surface area contributed by atoms with E-state index in [1.807, 2.05) is 13.8 Å². The lowest BCUT2D eigenvalue weighted by molar-refractivity contribution is -0.139. The smallest absolute Gasteiger partial charge is 0.320 e. The van der Waals surface area contributed by atoms with Crippen LogP contribution in [0.1, 0.15) is 20.3 Å². The molecule has 0 fully saturated rings. The minimum absolute atomic E-state index is 0.0636. The van der Waals surface area contributed by atoms with Gasteiger partial charge in [-0.2, -0.15) is 0 Å². The number of thioether (sulfide) groups is 1. The van der Waals surface area contributed by atoms with Gasteiger partial charge in [-0.05, 0) is 18.6 Å². The molecule has 0 spiro atoms. The van der Waals surface area contributed by atoms with Crippen LogP contribution in [0.25, 0.3) is 0 Å². The van der Waals surface area contributed by atoms with E-state index in [0.29, 0.717) is 17.1 Å². The first kappa shape index (κ1) is 15.9. The highest BCUT2D eigenvalue weighted by molar-refractivity contribution is 7.99. The molecule has 2 N–H and O–H groups in total. The zero-order valence-corrected chi connectivity index (χ0v) is 11.6. The van der Waals surface area contributed by atoms with Crippen LogP contribution in [-0.2, 0) is 4.79 Å². The summed E-state index contributed by atoms with van der Waals surface area (Å²) in [6.07, 6.45) is 0.370. The molecule has 1 rings (SSSR count). The largest absolute Gasteiger partial charge is 0.480 e. The predicted molar refractivity (Wildman–Crippen MR) is 71.4 cm³/mol. The van der Waals surface area contributed by atoms with E-state index in [1.165, 1.54) is 23.9 Å². The average Bonchev–Trinajstić information content (AvgIpc) is 2.29. The summed E-state index contributed by atoms with van der Waals surface area (Å²) >= 11 is 1.18. The maximum Gasteiger partial charge on any atom is 0.320 e. The van der Waals surface area contributed by atoms with Gasteiger partial charge in [0.15, 0.2) is 0 Å². The fourth-order valence-electron chi connectivity index (χ4n) is 1.56. The van der Waals surface area contributed by atoms with Crippen LogP contribution in [0.4, 0.5) is 8.78 Å². The van der Waals surface area contributed by atoms with Gasteiger partial charge < -0.3 is 10.4 Å². The Bertz CT molecular complexity index is 441. The lowest BCUT2D eigenvalue weighted by atomic mass is 10.2. The van der Waals surface area contributed by atoms with Gasteiger partial charge in [0.1, 0.15) is 17.7 Å². The molecule has 1 atom stereocenters. The lowest BCUT2D eigenvalue weighted by Crippen LogP contribution is -2.41. The quantitative estimate of drug-likeness (QED) is 0.758. The standard InChI is InChI=1S/C13H17F2NO2S/c1-8(2)16-11(13(17)18)5-6-19-12-4-3-9(14)7-10(12)15/h3-4,7-8,11,16H,5-6H2,1-2H3,(H,17,18).